The van der Waals surface area contributed by atoms with E-state index >= 15 is 0 Å². The molecule has 2 rings (SSSR count). The zero-order valence-corrected chi connectivity index (χ0v) is 6.00. The van der Waals surface area contributed by atoms with Crippen LogP contribution in [-0.4, -0.2) is 9.97 Å². The fourth-order valence-electron chi connectivity index (χ4n) is 1.13. The van der Waals surface area contributed by atoms with Gasteiger partial charge < -0.3 is 4.98 Å². The predicted molar refractivity (Wildman–Crippen MR) is 40.8 cm³/mol. The number of nitrogens with zero attached hydrogens (tertiary/aromatic N) is 2. The van der Waals surface area contributed by atoms with Crippen LogP contribution in [0.15, 0.2) is 18.6 Å². The quantitative estimate of drug-likeness (QED) is 0.637. The van der Waals surface area contributed by atoms with Gasteiger partial charge in [0.2, 0.25) is 0 Å². The van der Waals surface area contributed by atoms with E-state index in [2.05, 4.69) is 9.97 Å². The van der Waals surface area contributed by atoms with Crippen LogP contribution in [0.4, 0.5) is 4.39 Å². The van der Waals surface area contributed by atoms with E-state index in [0.29, 0.717) is 16.5 Å². The van der Waals surface area contributed by atoms with Crippen molar-refractivity contribution in [1.29, 1.82) is 5.26 Å². The number of fused-ring (bicyclic) bond motifs is 1. The Bertz CT molecular complexity index is 467. The summed E-state index contributed by atoms with van der Waals surface area (Å²) in [7, 11) is 0. The summed E-state index contributed by atoms with van der Waals surface area (Å²) < 4.78 is 13.0. The fraction of sp³-hybridized carbons (Fsp3) is 0. The van der Waals surface area contributed by atoms with E-state index in [-0.39, 0.29) is 0 Å². The number of hydrogen-bond donors (Lipinski definition) is 1. The Morgan fingerprint density at radius 2 is 2.33 bits per heavy atom. The lowest BCUT2D eigenvalue weighted by molar-refractivity contribution is 0.634. The van der Waals surface area contributed by atoms with Crippen molar-refractivity contribution >= 4 is 10.9 Å². The molecule has 2 aromatic rings. The molecule has 0 aliphatic heterocycles. The molecule has 0 aliphatic rings. The van der Waals surface area contributed by atoms with Crippen molar-refractivity contribution in [2.24, 2.45) is 0 Å². The SMILES string of the molecule is N#Cc1c[nH]c2cncc(F)c12. The van der Waals surface area contributed by atoms with Gasteiger partial charge in [-0.1, -0.05) is 0 Å². The largest absolute Gasteiger partial charge is 0.359 e. The van der Waals surface area contributed by atoms with Crippen LogP contribution >= 0.6 is 0 Å². The first-order valence-corrected chi connectivity index (χ1v) is 3.33. The number of H-pyrrole nitrogens is 1. The van der Waals surface area contributed by atoms with Gasteiger partial charge in [0.05, 0.1) is 28.9 Å². The number of pyridine rings is 1. The van der Waals surface area contributed by atoms with Gasteiger partial charge in [0.1, 0.15) is 6.07 Å². The average Bonchev–Trinajstić information content (AvgIpc) is 2.49. The van der Waals surface area contributed by atoms with Crippen molar-refractivity contribution in [1.82, 2.24) is 9.97 Å². The van der Waals surface area contributed by atoms with Gasteiger partial charge in [0.15, 0.2) is 5.82 Å². The second kappa shape index (κ2) is 2.31. The Hall–Kier alpha value is -1.89. The topological polar surface area (TPSA) is 52.5 Å². The molecule has 0 saturated heterocycles. The molecule has 2 heterocycles. The van der Waals surface area contributed by atoms with Gasteiger partial charge >= 0.3 is 0 Å². The lowest BCUT2D eigenvalue weighted by atomic mass is 10.2. The highest BCUT2D eigenvalue weighted by Crippen LogP contribution is 2.18. The van der Waals surface area contributed by atoms with Crippen molar-refractivity contribution in [3.05, 3.63) is 30.0 Å². The highest BCUT2D eigenvalue weighted by Gasteiger charge is 2.07. The summed E-state index contributed by atoms with van der Waals surface area (Å²) in [5.41, 5.74) is 0.858. The maximum Gasteiger partial charge on any atom is 0.152 e. The molecule has 0 bridgehead atoms. The molecule has 3 nitrogen and oxygen atoms in total. The van der Waals surface area contributed by atoms with Gasteiger partial charge in [-0.05, 0) is 0 Å². The minimum atomic E-state index is -0.467. The third-order valence-electron chi connectivity index (χ3n) is 1.66. The molecule has 0 aromatic carbocycles. The highest BCUT2D eigenvalue weighted by atomic mass is 19.1. The summed E-state index contributed by atoms with van der Waals surface area (Å²) in [4.78, 5) is 6.40. The van der Waals surface area contributed by atoms with Crippen LogP contribution in [-0.2, 0) is 0 Å². The van der Waals surface area contributed by atoms with E-state index in [0.717, 1.165) is 6.20 Å². The second-order valence-corrected chi connectivity index (χ2v) is 2.36. The van der Waals surface area contributed by atoms with E-state index in [9.17, 15) is 4.39 Å². The lowest BCUT2D eigenvalue weighted by Crippen LogP contribution is -1.80. The normalized spacial score (nSPS) is 10.0. The average molecular weight is 161 g/mol. The molecular weight excluding hydrogens is 157 g/mol. The molecule has 0 atom stereocenters. The number of nitriles is 1. The van der Waals surface area contributed by atoms with Crippen LogP contribution in [0.2, 0.25) is 0 Å². The van der Waals surface area contributed by atoms with Gasteiger partial charge in [-0.15, -0.1) is 0 Å². The number of nitrogens with one attached hydrogen (secondary N) is 1. The minimum absolute atomic E-state index is 0.310. The van der Waals surface area contributed by atoms with E-state index in [4.69, 9.17) is 5.26 Å². The summed E-state index contributed by atoms with van der Waals surface area (Å²) >= 11 is 0. The smallest absolute Gasteiger partial charge is 0.152 e. The number of rotatable bonds is 0. The maximum atomic E-state index is 13.0. The van der Waals surface area contributed by atoms with Crippen LogP contribution in [0.3, 0.4) is 0 Å². The summed E-state index contributed by atoms with van der Waals surface area (Å²) in [5.74, 6) is -0.467. The van der Waals surface area contributed by atoms with Crippen molar-refractivity contribution in [2.75, 3.05) is 0 Å². The third-order valence-corrected chi connectivity index (χ3v) is 1.66. The molecule has 0 aliphatic carbocycles. The third kappa shape index (κ3) is 0.768. The van der Waals surface area contributed by atoms with Crippen LogP contribution < -0.4 is 0 Å². The molecule has 0 saturated carbocycles. The molecule has 0 radical (unpaired) electrons. The monoisotopic (exact) mass is 161 g/mol. The molecule has 12 heavy (non-hydrogen) atoms. The van der Waals surface area contributed by atoms with Crippen LogP contribution in [0.25, 0.3) is 10.9 Å². The van der Waals surface area contributed by atoms with E-state index in [1.165, 1.54) is 12.4 Å². The van der Waals surface area contributed by atoms with Crippen molar-refractivity contribution in [3.8, 4) is 6.07 Å². The van der Waals surface area contributed by atoms with Gasteiger partial charge in [0, 0.05) is 6.20 Å². The molecule has 1 N–H and O–H groups in total. The lowest BCUT2D eigenvalue weighted by Gasteiger charge is -1.89. The Morgan fingerprint density at radius 3 is 3.08 bits per heavy atom. The van der Waals surface area contributed by atoms with Gasteiger partial charge in [-0.3, -0.25) is 4.98 Å². The molecule has 0 amide bonds. The zero-order chi connectivity index (χ0) is 8.55. The summed E-state index contributed by atoms with van der Waals surface area (Å²) in [6, 6.07) is 1.89. The van der Waals surface area contributed by atoms with Crippen molar-refractivity contribution < 1.29 is 4.39 Å². The van der Waals surface area contributed by atoms with Gasteiger partial charge in [-0.25, -0.2) is 4.39 Å². The maximum absolute atomic E-state index is 13.0. The zero-order valence-electron chi connectivity index (χ0n) is 6.00. The number of halogens is 1. The molecular formula is C8H4FN3. The van der Waals surface area contributed by atoms with Crippen molar-refractivity contribution in [2.45, 2.75) is 0 Å². The number of hydrogen-bond acceptors (Lipinski definition) is 2. The van der Waals surface area contributed by atoms with Crippen LogP contribution in [0.5, 0.6) is 0 Å². The number of aromatic nitrogens is 2. The first kappa shape index (κ1) is 6.80. The molecule has 0 fully saturated rings. The first-order valence-electron chi connectivity index (χ1n) is 3.33. The minimum Gasteiger partial charge on any atom is -0.359 e. The summed E-state index contributed by atoms with van der Waals surface area (Å²) in [6.07, 6.45) is 4.05. The molecule has 4 heteroatoms. The number of aromatic amines is 1. The Balaban J connectivity index is 2.95. The fourth-order valence-corrected chi connectivity index (χ4v) is 1.13. The second-order valence-electron chi connectivity index (χ2n) is 2.36. The van der Waals surface area contributed by atoms with Crippen LogP contribution in [0.1, 0.15) is 5.56 Å². The van der Waals surface area contributed by atoms with Crippen molar-refractivity contribution in [3.63, 3.8) is 0 Å². The Morgan fingerprint density at radius 1 is 1.50 bits per heavy atom. The van der Waals surface area contributed by atoms with E-state index < -0.39 is 5.82 Å². The molecule has 2 aromatic heterocycles. The summed E-state index contributed by atoms with van der Waals surface area (Å²) in [6.45, 7) is 0. The van der Waals surface area contributed by atoms with Gasteiger partial charge in [-0.2, -0.15) is 5.26 Å². The van der Waals surface area contributed by atoms with Crippen LogP contribution in [0, 0.1) is 17.1 Å². The molecule has 0 spiro atoms. The predicted octanol–water partition coefficient (Wildman–Crippen LogP) is 1.57. The molecule has 0 unspecified atom stereocenters. The van der Waals surface area contributed by atoms with Gasteiger partial charge in [0.25, 0.3) is 0 Å². The summed E-state index contributed by atoms with van der Waals surface area (Å²) in [5, 5.41) is 8.90. The standard InChI is InChI=1S/C8H4FN3/c9-6-3-11-4-7-8(6)5(1-10)2-12-7/h2-4,12H. The molecule has 58 valence electrons. The van der Waals surface area contributed by atoms with E-state index in [1.54, 1.807) is 0 Å². The van der Waals surface area contributed by atoms with E-state index in [1.807, 2.05) is 6.07 Å². The Kier molecular flexibility index (Phi) is 1.31. The first-order chi connectivity index (χ1) is 5.83. The highest BCUT2D eigenvalue weighted by molar-refractivity contribution is 5.85. The Labute approximate surface area is 67.5 Å².